The van der Waals surface area contributed by atoms with Crippen LogP contribution in [0.2, 0.25) is 0 Å². The SMILES string of the molecule is CCCCCCCCc1ccc(S(=O)(=O)Nc2cccc(-c3csc(NC(=O)I)n3)c2)cc1. The van der Waals surface area contributed by atoms with E-state index in [1.165, 1.54) is 43.4 Å². The summed E-state index contributed by atoms with van der Waals surface area (Å²) in [5, 5.41) is 4.96. The monoisotopic (exact) mass is 597 g/mol. The number of carbonyl (C=O) groups is 1. The van der Waals surface area contributed by atoms with Crippen LogP contribution in [0, 0.1) is 0 Å². The minimum Gasteiger partial charge on any atom is -0.293 e. The molecule has 0 aliphatic rings. The first-order valence-electron chi connectivity index (χ1n) is 11.0. The van der Waals surface area contributed by atoms with E-state index in [1.54, 1.807) is 52.9 Å². The van der Waals surface area contributed by atoms with Gasteiger partial charge in [-0.3, -0.25) is 14.8 Å². The van der Waals surface area contributed by atoms with Gasteiger partial charge in [0.1, 0.15) is 0 Å². The molecule has 0 aliphatic heterocycles. The highest BCUT2D eigenvalue weighted by molar-refractivity contribution is 14.1. The lowest BCUT2D eigenvalue weighted by Crippen LogP contribution is -2.13. The Morgan fingerprint density at radius 1 is 1.03 bits per heavy atom. The number of hydrogen-bond acceptors (Lipinski definition) is 5. The summed E-state index contributed by atoms with van der Waals surface area (Å²) in [6, 6.07) is 14.2. The Morgan fingerprint density at radius 3 is 2.48 bits per heavy atom. The van der Waals surface area contributed by atoms with E-state index in [-0.39, 0.29) is 8.81 Å². The van der Waals surface area contributed by atoms with Crippen LogP contribution < -0.4 is 10.0 Å². The van der Waals surface area contributed by atoms with Gasteiger partial charge >= 0.3 is 0 Å². The van der Waals surface area contributed by atoms with Crippen molar-refractivity contribution in [3.63, 3.8) is 0 Å². The zero-order valence-electron chi connectivity index (χ0n) is 18.5. The second-order valence-corrected chi connectivity index (χ2v) is 11.3. The number of thiazole rings is 1. The number of nitrogens with zero attached hydrogens (tertiary/aromatic N) is 1. The summed E-state index contributed by atoms with van der Waals surface area (Å²) in [4.78, 5) is 15.8. The van der Waals surface area contributed by atoms with Gasteiger partial charge in [0.25, 0.3) is 13.9 Å². The van der Waals surface area contributed by atoms with Crippen molar-refractivity contribution in [1.82, 2.24) is 4.98 Å². The van der Waals surface area contributed by atoms with Crippen molar-refractivity contribution in [3.8, 4) is 11.3 Å². The Labute approximate surface area is 213 Å². The number of nitrogens with one attached hydrogen (secondary N) is 2. The summed E-state index contributed by atoms with van der Waals surface area (Å²) in [6.07, 6.45) is 8.40. The van der Waals surface area contributed by atoms with E-state index in [1.807, 2.05) is 23.6 Å². The number of aromatic nitrogens is 1. The fourth-order valence-corrected chi connectivity index (χ4v) is 5.65. The molecule has 0 saturated carbocycles. The first-order valence-corrected chi connectivity index (χ1v) is 14.5. The van der Waals surface area contributed by atoms with Gasteiger partial charge in [-0.2, -0.15) is 0 Å². The summed E-state index contributed by atoms with van der Waals surface area (Å²) < 4.78 is 28.2. The molecular formula is C24H28IN3O3S2. The average molecular weight is 598 g/mol. The quantitative estimate of drug-likeness (QED) is 0.0981. The number of benzene rings is 2. The molecule has 0 fully saturated rings. The molecule has 6 nitrogen and oxygen atoms in total. The van der Waals surface area contributed by atoms with E-state index < -0.39 is 10.0 Å². The molecular weight excluding hydrogens is 569 g/mol. The van der Waals surface area contributed by atoms with Gasteiger partial charge < -0.3 is 0 Å². The molecule has 176 valence electrons. The van der Waals surface area contributed by atoms with Gasteiger partial charge in [-0.05, 0) is 42.7 Å². The second-order valence-electron chi connectivity index (χ2n) is 7.78. The molecule has 1 heterocycles. The molecule has 0 bridgehead atoms. The molecule has 1 aromatic heterocycles. The number of sulfonamides is 1. The summed E-state index contributed by atoms with van der Waals surface area (Å²) in [5.41, 5.74) is 3.04. The second kappa shape index (κ2) is 12.5. The average Bonchev–Trinajstić information content (AvgIpc) is 3.24. The Balaban J connectivity index is 1.61. The molecule has 2 aromatic carbocycles. The van der Waals surface area contributed by atoms with Gasteiger partial charge in [0, 0.05) is 39.2 Å². The highest BCUT2D eigenvalue weighted by Crippen LogP contribution is 2.28. The van der Waals surface area contributed by atoms with E-state index in [9.17, 15) is 13.2 Å². The van der Waals surface area contributed by atoms with Crippen LogP contribution in [-0.4, -0.2) is 17.3 Å². The summed E-state index contributed by atoms with van der Waals surface area (Å²) in [5.74, 6) is 0. The molecule has 2 N–H and O–H groups in total. The van der Waals surface area contributed by atoms with Crippen LogP contribution in [0.3, 0.4) is 0 Å². The Kier molecular flexibility index (Phi) is 9.69. The molecule has 0 atom stereocenters. The van der Waals surface area contributed by atoms with Crippen molar-refractivity contribution in [2.45, 2.75) is 56.8 Å². The maximum absolute atomic E-state index is 12.9. The van der Waals surface area contributed by atoms with E-state index in [0.717, 1.165) is 24.0 Å². The standard InChI is InChI=1S/C24H28IN3O3S2/c1-2-3-4-5-6-7-9-18-12-14-21(15-13-18)33(30,31)28-20-11-8-10-19(16-20)22-17-32-24(26-22)27-23(25)29/h8,10-17,28H,2-7,9H2,1H3,(H,26,27,29). The highest BCUT2D eigenvalue weighted by atomic mass is 127. The van der Waals surface area contributed by atoms with Crippen LogP contribution in [0.15, 0.2) is 58.8 Å². The third kappa shape index (κ3) is 8.08. The van der Waals surface area contributed by atoms with Crippen LogP contribution in [0.5, 0.6) is 0 Å². The molecule has 0 aliphatic carbocycles. The fourth-order valence-electron chi connectivity index (χ4n) is 3.45. The van der Waals surface area contributed by atoms with Gasteiger partial charge in [0.05, 0.1) is 10.6 Å². The zero-order chi connectivity index (χ0) is 23.7. The van der Waals surface area contributed by atoms with E-state index >= 15 is 0 Å². The van der Waals surface area contributed by atoms with E-state index in [0.29, 0.717) is 16.5 Å². The van der Waals surface area contributed by atoms with Crippen LogP contribution in [0.25, 0.3) is 11.3 Å². The molecule has 3 rings (SSSR count). The largest absolute Gasteiger partial charge is 0.293 e. The van der Waals surface area contributed by atoms with Crippen molar-refractivity contribution in [1.29, 1.82) is 0 Å². The minimum absolute atomic E-state index is 0.215. The predicted molar refractivity (Wildman–Crippen MR) is 145 cm³/mol. The molecule has 33 heavy (non-hydrogen) atoms. The molecule has 1 amide bonds. The van der Waals surface area contributed by atoms with Crippen LogP contribution in [-0.2, 0) is 16.4 Å². The fraction of sp³-hybridized carbons (Fsp3) is 0.333. The highest BCUT2D eigenvalue weighted by Gasteiger charge is 2.15. The van der Waals surface area contributed by atoms with E-state index in [4.69, 9.17) is 0 Å². The molecule has 0 saturated heterocycles. The summed E-state index contributed by atoms with van der Waals surface area (Å²) in [7, 11) is -3.70. The Morgan fingerprint density at radius 2 is 1.76 bits per heavy atom. The Bertz CT molecular complexity index is 1160. The number of amides is 1. The predicted octanol–water partition coefficient (Wildman–Crippen LogP) is 7.48. The molecule has 0 radical (unpaired) electrons. The summed E-state index contributed by atoms with van der Waals surface area (Å²) in [6.45, 7) is 2.21. The lowest BCUT2D eigenvalue weighted by Gasteiger charge is -2.10. The van der Waals surface area contributed by atoms with Crippen molar-refractivity contribution >= 4 is 58.7 Å². The number of halogens is 1. The normalized spacial score (nSPS) is 11.3. The number of anilines is 2. The number of carbonyl (C=O) groups excluding carboxylic acids is 1. The number of aryl methyl sites for hydroxylation is 1. The van der Waals surface area contributed by atoms with Gasteiger partial charge in [-0.15, -0.1) is 11.3 Å². The van der Waals surface area contributed by atoms with Crippen molar-refractivity contribution in [2.75, 3.05) is 10.0 Å². The smallest absolute Gasteiger partial charge is 0.286 e. The Hall–Kier alpha value is -1.98. The first kappa shape index (κ1) is 25.6. The number of rotatable bonds is 12. The van der Waals surface area contributed by atoms with E-state index in [2.05, 4.69) is 21.9 Å². The molecule has 0 unspecified atom stereocenters. The van der Waals surface area contributed by atoms with Gasteiger partial charge in [-0.25, -0.2) is 13.4 Å². The number of unbranched alkanes of at least 4 members (excludes halogenated alkanes) is 5. The zero-order valence-corrected chi connectivity index (χ0v) is 22.3. The molecule has 0 spiro atoms. The van der Waals surface area contributed by atoms with Crippen molar-refractivity contribution in [3.05, 3.63) is 59.5 Å². The third-order valence-electron chi connectivity index (χ3n) is 5.17. The van der Waals surface area contributed by atoms with Crippen molar-refractivity contribution in [2.24, 2.45) is 0 Å². The first-order chi connectivity index (χ1) is 15.9. The maximum atomic E-state index is 12.9. The maximum Gasteiger partial charge on any atom is 0.286 e. The van der Waals surface area contributed by atoms with Crippen molar-refractivity contribution < 1.29 is 13.2 Å². The number of hydrogen-bond donors (Lipinski definition) is 2. The van der Waals surface area contributed by atoms with Gasteiger partial charge in [-0.1, -0.05) is 63.3 Å². The molecule has 9 heteroatoms. The third-order valence-corrected chi connectivity index (χ3v) is 7.60. The van der Waals surface area contributed by atoms with Crippen LogP contribution in [0.4, 0.5) is 15.6 Å². The lowest BCUT2D eigenvalue weighted by atomic mass is 10.1. The van der Waals surface area contributed by atoms with Gasteiger partial charge in [0.2, 0.25) is 0 Å². The van der Waals surface area contributed by atoms with Crippen LogP contribution >= 0.6 is 33.9 Å². The molecule has 3 aromatic rings. The topological polar surface area (TPSA) is 88.2 Å². The van der Waals surface area contributed by atoms with Gasteiger partial charge in [0.15, 0.2) is 5.13 Å². The van der Waals surface area contributed by atoms with Crippen LogP contribution in [0.1, 0.15) is 51.0 Å². The lowest BCUT2D eigenvalue weighted by molar-refractivity contribution is 0.272. The minimum atomic E-state index is -3.70. The summed E-state index contributed by atoms with van der Waals surface area (Å²) >= 11 is 2.96.